The highest BCUT2D eigenvalue weighted by Gasteiger charge is 1.86. The van der Waals surface area contributed by atoms with Crippen molar-refractivity contribution in [3.8, 4) is 11.8 Å². The quantitative estimate of drug-likeness (QED) is 0.498. The van der Waals surface area contributed by atoms with E-state index in [2.05, 4.69) is 37.1 Å². The molecule has 0 nitrogen and oxygen atoms in total. The Labute approximate surface area is 84.2 Å². The lowest BCUT2D eigenvalue weighted by Crippen LogP contribution is -1.74. The van der Waals surface area contributed by atoms with Gasteiger partial charge in [0.25, 0.3) is 0 Å². The number of rotatable bonds is 1. The lowest BCUT2D eigenvalue weighted by atomic mass is 10.2. The number of thiol groups is 2. The zero-order valence-electron chi connectivity index (χ0n) is 6.62. The topological polar surface area (TPSA) is 0 Å². The maximum absolute atomic E-state index is 4.22. The van der Waals surface area contributed by atoms with Gasteiger partial charge in [-0.2, -0.15) is 12.6 Å². The second kappa shape index (κ2) is 5.18. The monoisotopic (exact) mass is 194 g/mol. The van der Waals surface area contributed by atoms with Crippen LogP contribution in [0.25, 0.3) is 0 Å². The Morgan fingerprint density at radius 1 is 1.33 bits per heavy atom. The minimum absolute atomic E-state index is 0.813. The van der Waals surface area contributed by atoms with Gasteiger partial charge in [0.15, 0.2) is 0 Å². The molecule has 1 aromatic rings. The van der Waals surface area contributed by atoms with Crippen LogP contribution in [0, 0.1) is 11.8 Å². The van der Waals surface area contributed by atoms with Crippen LogP contribution in [0.15, 0.2) is 29.2 Å². The van der Waals surface area contributed by atoms with Gasteiger partial charge in [-0.05, 0) is 18.2 Å². The summed E-state index contributed by atoms with van der Waals surface area (Å²) >= 11 is 8.29. The van der Waals surface area contributed by atoms with E-state index in [1.807, 2.05) is 24.3 Å². The fraction of sp³-hybridized carbons (Fsp3) is 0.200. The van der Waals surface area contributed by atoms with Crippen molar-refractivity contribution in [3.05, 3.63) is 29.8 Å². The molecule has 0 aromatic heterocycles. The normalized spacial score (nSPS) is 8.83. The molecule has 0 saturated heterocycles. The first-order valence-corrected chi connectivity index (χ1v) is 4.79. The molecule has 0 amide bonds. The van der Waals surface area contributed by atoms with Gasteiger partial charge >= 0.3 is 0 Å². The molecule has 0 unspecified atom stereocenters. The number of hydrogen-bond acceptors (Lipinski definition) is 2. The molecule has 0 saturated carbocycles. The van der Waals surface area contributed by atoms with Crippen LogP contribution in [0.1, 0.15) is 12.0 Å². The van der Waals surface area contributed by atoms with Crippen LogP contribution in [0.2, 0.25) is 0 Å². The van der Waals surface area contributed by atoms with Gasteiger partial charge in [0.1, 0.15) is 0 Å². The van der Waals surface area contributed by atoms with Crippen molar-refractivity contribution in [2.45, 2.75) is 11.3 Å². The van der Waals surface area contributed by atoms with E-state index >= 15 is 0 Å². The van der Waals surface area contributed by atoms with E-state index in [0.29, 0.717) is 0 Å². The molecule has 0 aliphatic carbocycles. The standard InChI is InChI=1S/C10H10S2/c11-7-2-1-4-9-5-3-6-10(12)8-9/h3,5-6,8,11-12H,2,7H2. The molecule has 0 radical (unpaired) electrons. The summed E-state index contributed by atoms with van der Waals surface area (Å²) in [7, 11) is 0. The Bertz CT molecular complexity index is 307. The largest absolute Gasteiger partial charge is 0.178 e. The molecule has 0 heterocycles. The maximum atomic E-state index is 4.22. The van der Waals surface area contributed by atoms with E-state index in [9.17, 15) is 0 Å². The van der Waals surface area contributed by atoms with Gasteiger partial charge in [-0.3, -0.25) is 0 Å². The lowest BCUT2D eigenvalue weighted by molar-refractivity contribution is 1.31. The Hall–Kier alpha value is -0.520. The third-order valence-corrected chi connectivity index (χ3v) is 1.82. The van der Waals surface area contributed by atoms with Gasteiger partial charge in [-0.15, -0.1) is 12.6 Å². The lowest BCUT2D eigenvalue weighted by Gasteiger charge is -1.90. The summed E-state index contributed by atoms with van der Waals surface area (Å²) in [4.78, 5) is 0.952. The highest BCUT2D eigenvalue weighted by atomic mass is 32.1. The van der Waals surface area contributed by atoms with Gasteiger partial charge in [0.2, 0.25) is 0 Å². The van der Waals surface area contributed by atoms with Crippen molar-refractivity contribution in [2.75, 3.05) is 5.75 Å². The fourth-order valence-electron chi connectivity index (χ4n) is 0.804. The molecular weight excluding hydrogens is 184 g/mol. The minimum Gasteiger partial charge on any atom is -0.178 e. The SMILES string of the molecule is SCCC#Cc1cccc(S)c1. The van der Waals surface area contributed by atoms with Crippen LogP contribution >= 0.6 is 25.3 Å². The zero-order chi connectivity index (χ0) is 8.81. The molecule has 0 atom stereocenters. The summed E-state index contributed by atoms with van der Waals surface area (Å²) in [6.45, 7) is 0. The first kappa shape index (κ1) is 9.57. The van der Waals surface area contributed by atoms with Gasteiger partial charge < -0.3 is 0 Å². The zero-order valence-corrected chi connectivity index (χ0v) is 8.41. The predicted octanol–water partition coefficient (Wildman–Crippen LogP) is 2.65. The van der Waals surface area contributed by atoms with Crippen LogP contribution in [0.3, 0.4) is 0 Å². The molecule has 2 heteroatoms. The smallest absolute Gasteiger partial charge is 0.0256 e. The van der Waals surface area contributed by atoms with Crippen LogP contribution < -0.4 is 0 Å². The van der Waals surface area contributed by atoms with Crippen molar-refractivity contribution < 1.29 is 0 Å². The first-order valence-electron chi connectivity index (χ1n) is 3.71. The second-order valence-electron chi connectivity index (χ2n) is 2.33. The summed E-state index contributed by atoms with van der Waals surface area (Å²) in [5.74, 6) is 6.87. The fourth-order valence-corrected chi connectivity index (χ4v) is 1.14. The summed E-state index contributed by atoms with van der Waals surface area (Å²) < 4.78 is 0. The molecule has 0 fully saturated rings. The predicted molar refractivity (Wildman–Crippen MR) is 59.0 cm³/mol. The second-order valence-corrected chi connectivity index (χ2v) is 3.29. The van der Waals surface area contributed by atoms with E-state index < -0.39 is 0 Å². The molecule has 0 aliphatic rings. The van der Waals surface area contributed by atoms with Crippen molar-refractivity contribution in [2.24, 2.45) is 0 Å². The van der Waals surface area contributed by atoms with Crippen LogP contribution in [-0.4, -0.2) is 5.75 Å². The summed E-state index contributed by atoms with van der Waals surface area (Å²) in [5, 5.41) is 0. The van der Waals surface area contributed by atoms with E-state index in [1.54, 1.807) is 0 Å². The molecule has 12 heavy (non-hydrogen) atoms. The summed E-state index contributed by atoms with van der Waals surface area (Å²) in [5.41, 5.74) is 1.02. The Morgan fingerprint density at radius 2 is 2.17 bits per heavy atom. The maximum Gasteiger partial charge on any atom is 0.0256 e. The van der Waals surface area contributed by atoms with Gasteiger partial charge in [-0.1, -0.05) is 17.9 Å². The van der Waals surface area contributed by atoms with E-state index in [0.717, 1.165) is 22.6 Å². The summed E-state index contributed by atoms with van der Waals surface area (Å²) in [6.07, 6.45) is 0.833. The molecule has 0 bridgehead atoms. The Morgan fingerprint density at radius 3 is 2.83 bits per heavy atom. The first-order chi connectivity index (χ1) is 5.83. The molecule has 0 N–H and O–H groups in total. The average molecular weight is 194 g/mol. The molecular formula is C10H10S2. The van der Waals surface area contributed by atoms with Crippen LogP contribution in [0.4, 0.5) is 0 Å². The third kappa shape index (κ3) is 3.25. The van der Waals surface area contributed by atoms with Gasteiger partial charge in [0.05, 0.1) is 0 Å². The van der Waals surface area contributed by atoms with Gasteiger partial charge in [0, 0.05) is 22.6 Å². The summed E-state index contributed by atoms with van der Waals surface area (Å²) in [6, 6.07) is 7.82. The van der Waals surface area contributed by atoms with Crippen molar-refractivity contribution in [3.63, 3.8) is 0 Å². The highest BCUT2D eigenvalue weighted by Crippen LogP contribution is 2.07. The minimum atomic E-state index is 0.813. The molecule has 62 valence electrons. The molecule has 0 aliphatic heterocycles. The molecule has 1 rings (SSSR count). The van der Waals surface area contributed by atoms with Crippen molar-refractivity contribution in [1.82, 2.24) is 0 Å². The van der Waals surface area contributed by atoms with Gasteiger partial charge in [-0.25, -0.2) is 0 Å². The number of hydrogen-bond donors (Lipinski definition) is 2. The van der Waals surface area contributed by atoms with Crippen molar-refractivity contribution >= 4 is 25.3 Å². The average Bonchev–Trinajstić information content (AvgIpc) is 2.05. The van der Waals surface area contributed by atoms with E-state index in [4.69, 9.17) is 0 Å². The Kier molecular flexibility index (Phi) is 4.13. The van der Waals surface area contributed by atoms with Crippen LogP contribution in [-0.2, 0) is 0 Å². The van der Waals surface area contributed by atoms with Crippen molar-refractivity contribution in [1.29, 1.82) is 0 Å². The Balaban J connectivity index is 2.71. The molecule has 1 aromatic carbocycles. The van der Waals surface area contributed by atoms with E-state index in [-0.39, 0.29) is 0 Å². The van der Waals surface area contributed by atoms with Crippen LogP contribution in [0.5, 0.6) is 0 Å². The number of benzene rings is 1. The third-order valence-electron chi connectivity index (χ3n) is 1.32. The highest BCUT2D eigenvalue weighted by molar-refractivity contribution is 7.80. The van der Waals surface area contributed by atoms with E-state index in [1.165, 1.54) is 0 Å². The molecule has 0 spiro atoms.